The van der Waals surface area contributed by atoms with Crippen LogP contribution in [-0.4, -0.2) is 24.4 Å². The molecule has 2 rings (SSSR count). The molecular formula is C14H18FN3O3. The summed E-state index contributed by atoms with van der Waals surface area (Å²) < 4.78 is 29.8. The van der Waals surface area contributed by atoms with E-state index >= 15 is 0 Å². The minimum Gasteiger partial charge on any atom is -0.493 e. The molecule has 0 amide bonds. The number of rotatable bonds is 5. The molecule has 1 heterocycles. The highest BCUT2D eigenvalue weighted by atomic mass is 19.1. The highest BCUT2D eigenvalue weighted by molar-refractivity contribution is 5.70. The van der Waals surface area contributed by atoms with Gasteiger partial charge in [-0.1, -0.05) is 5.16 Å². The number of aromatic nitrogens is 2. The predicted octanol–water partition coefficient (Wildman–Crippen LogP) is 2.42. The quantitative estimate of drug-likeness (QED) is 0.912. The largest absolute Gasteiger partial charge is 0.493 e. The Morgan fingerprint density at radius 1 is 1.29 bits per heavy atom. The fourth-order valence-corrected chi connectivity index (χ4v) is 1.92. The lowest BCUT2D eigenvalue weighted by Crippen LogP contribution is -2.10. The normalized spacial score (nSPS) is 11.5. The van der Waals surface area contributed by atoms with Gasteiger partial charge in [0.05, 0.1) is 26.3 Å². The van der Waals surface area contributed by atoms with Crippen molar-refractivity contribution in [2.75, 3.05) is 14.2 Å². The van der Waals surface area contributed by atoms with E-state index in [1.165, 1.54) is 28.1 Å². The molecule has 0 bridgehead atoms. The van der Waals surface area contributed by atoms with Gasteiger partial charge in [-0.05, 0) is 31.5 Å². The van der Waals surface area contributed by atoms with Crippen LogP contribution in [-0.2, 0) is 12.2 Å². The van der Waals surface area contributed by atoms with Crippen molar-refractivity contribution in [2.45, 2.75) is 26.1 Å². The molecular weight excluding hydrogens is 277 g/mol. The predicted molar refractivity (Wildman–Crippen MR) is 74.9 cm³/mol. The van der Waals surface area contributed by atoms with Crippen molar-refractivity contribution in [3.63, 3.8) is 0 Å². The number of nitrogens with two attached hydrogens (primary N) is 1. The number of halogens is 1. The molecule has 0 fully saturated rings. The summed E-state index contributed by atoms with van der Waals surface area (Å²) in [6, 6.07) is 3.21. The maximum Gasteiger partial charge on any atom is 0.240 e. The smallest absolute Gasteiger partial charge is 0.240 e. The van der Waals surface area contributed by atoms with Gasteiger partial charge in [0.15, 0.2) is 11.5 Å². The molecule has 0 radical (unpaired) electrons. The summed E-state index contributed by atoms with van der Waals surface area (Å²) in [5, 5.41) is 3.84. The van der Waals surface area contributed by atoms with Crippen LogP contribution in [0.1, 0.15) is 25.3 Å². The van der Waals surface area contributed by atoms with Crippen molar-refractivity contribution in [2.24, 2.45) is 5.73 Å². The van der Waals surface area contributed by atoms with Gasteiger partial charge in [0.25, 0.3) is 0 Å². The van der Waals surface area contributed by atoms with Crippen LogP contribution in [0.3, 0.4) is 0 Å². The lowest BCUT2D eigenvalue weighted by molar-refractivity contribution is 0.220. The lowest BCUT2D eigenvalue weighted by Gasteiger charge is -2.19. The maximum atomic E-state index is 14.3. The van der Waals surface area contributed by atoms with Gasteiger partial charge < -0.3 is 19.7 Å². The van der Waals surface area contributed by atoms with E-state index in [1.807, 2.05) is 0 Å². The molecule has 0 aliphatic rings. The van der Waals surface area contributed by atoms with Gasteiger partial charge in [-0.25, -0.2) is 4.39 Å². The van der Waals surface area contributed by atoms with E-state index in [0.29, 0.717) is 22.6 Å². The molecule has 21 heavy (non-hydrogen) atoms. The minimum atomic E-state index is -1.55. The molecule has 0 unspecified atom stereocenters. The summed E-state index contributed by atoms with van der Waals surface area (Å²) in [6.07, 6.45) is 0. The van der Waals surface area contributed by atoms with Crippen molar-refractivity contribution in [3.05, 3.63) is 23.6 Å². The van der Waals surface area contributed by atoms with Gasteiger partial charge in [0, 0.05) is 0 Å². The summed E-state index contributed by atoms with van der Waals surface area (Å²) >= 11 is 0. The van der Waals surface area contributed by atoms with Gasteiger partial charge in [-0.3, -0.25) is 0 Å². The van der Waals surface area contributed by atoms with Crippen molar-refractivity contribution in [3.8, 4) is 22.9 Å². The standard InChI is InChI=1S/C14H18FN3O3/c1-14(2,15)8-5-9(12(20-4)10(6-8)19-3)13-17-11(7-16)21-18-13/h5-6H,7,16H2,1-4H3. The first-order chi connectivity index (χ1) is 9.90. The third-order valence-corrected chi connectivity index (χ3v) is 3.05. The third-order valence-electron chi connectivity index (χ3n) is 3.05. The average Bonchev–Trinajstić information content (AvgIpc) is 2.93. The van der Waals surface area contributed by atoms with Crippen LogP contribution in [0.15, 0.2) is 16.7 Å². The average molecular weight is 295 g/mol. The van der Waals surface area contributed by atoms with Crippen LogP contribution < -0.4 is 15.2 Å². The molecule has 0 saturated carbocycles. The number of benzene rings is 1. The molecule has 114 valence electrons. The van der Waals surface area contributed by atoms with Crippen molar-refractivity contribution >= 4 is 0 Å². The van der Waals surface area contributed by atoms with Gasteiger partial charge in [0.1, 0.15) is 5.67 Å². The Balaban J connectivity index is 2.66. The molecule has 0 aliphatic heterocycles. The Hall–Kier alpha value is -2.15. The maximum absolute atomic E-state index is 14.3. The Bertz CT molecular complexity index is 635. The summed E-state index contributed by atoms with van der Waals surface area (Å²) in [4.78, 5) is 4.15. The van der Waals surface area contributed by atoms with E-state index in [-0.39, 0.29) is 18.3 Å². The number of alkyl halides is 1. The van der Waals surface area contributed by atoms with Crippen LogP contribution in [0.2, 0.25) is 0 Å². The van der Waals surface area contributed by atoms with E-state index < -0.39 is 5.67 Å². The monoisotopic (exact) mass is 295 g/mol. The van der Waals surface area contributed by atoms with E-state index in [0.717, 1.165) is 0 Å². The molecule has 2 N–H and O–H groups in total. The Labute approximate surface area is 122 Å². The van der Waals surface area contributed by atoms with Crippen molar-refractivity contribution < 1.29 is 18.4 Å². The van der Waals surface area contributed by atoms with Gasteiger partial charge in [-0.15, -0.1) is 0 Å². The lowest BCUT2D eigenvalue weighted by atomic mass is 9.96. The second-order valence-corrected chi connectivity index (χ2v) is 4.95. The Morgan fingerprint density at radius 2 is 2.00 bits per heavy atom. The molecule has 0 atom stereocenters. The number of ether oxygens (including phenoxy) is 2. The van der Waals surface area contributed by atoms with E-state index in [4.69, 9.17) is 19.7 Å². The minimum absolute atomic E-state index is 0.126. The zero-order chi connectivity index (χ0) is 15.6. The fraction of sp³-hybridized carbons (Fsp3) is 0.429. The Morgan fingerprint density at radius 3 is 2.48 bits per heavy atom. The topological polar surface area (TPSA) is 83.4 Å². The number of hydrogen-bond acceptors (Lipinski definition) is 6. The zero-order valence-electron chi connectivity index (χ0n) is 12.4. The summed E-state index contributed by atoms with van der Waals surface area (Å²) in [5.41, 5.74) is 4.82. The van der Waals surface area contributed by atoms with Crippen molar-refractivity contribution in [1.82, 2.24) is 10.1 Å². The molecule has 1 aromatic heterocycles. The Kier molecular flexibility index (Phi) is 4.13. The summed E-state index contributed by atoms with van der Waals surface area (Å²) in [7, 11) is 2.98. The fourth-order valence-electron chi connectivity index (χ4n) is 1.92. The molecule has 0 spiro atoms. The van der Waals surface area contributed by atoms with Crippen molar-refractivity contribution in [1.29, 1.82) is 0 Å². The molecule has 0 saturated heterocycles. The second-order valence-electron chi connectivity index (χ2n) is 4.95. The summed E-state index contributed by atoms with van der Waals surface area (Å²) in [5.74, 6) is 1.37. The second kappa shape index (κ2) is 5.69. The van der Waals surface area contributed by atoms with Gasteiger partial charge in [0.2, 0.25) is 11.7 Å². The molecule has 1 aromatic carbocycles. The highest BCUT2D eigenvalue weighted by Gasteiger charge is 2.25. The van der Waals surface area contributed by atoms with E-state index in [1.54, 1.807) is 12.1 Å². The van der Waals surface area contributed by atoms with Crippen LogP contribution >= 0.6 is 0 Å². The molecule has 0 aliphatic carbocycles. The highest BCUT2D eigenvalue weighted by Crippen LogP contribution is 2.41. The number of methoxy groups -OCH3 is 2. The third kappa shape index (κ3) is 2.97. The van der Waals surface area contributed by atoms with E-state index in [9.17, 15) is 4.39 Å². The zero-order valence-corrected chi connectivity index (χ0v) is 12.4. The molecule has 6 nitrogen and oxygen atoms in total. The first-order valence-electron chi connectivity index (χ1n) is 6.39. The number of nitrogens with zero attached hydrogens (tertiary/aromatic N) is 2. The number of hydrogen-bond donors (Lipinski definition) is 1. The van der Waals surface area contributed by atoms with Crippen LogP contribution in [0.4, 0.5) is 4.39 Å². The summed E-state index contributed by atoms with van der Waals surface area (Å²) in [6.45, 7) is 3.04. The van der Waals surface area contributed by atoms with Crippen LogP contribution in [0.25, 0.3) is 11.4 Å². The van der Waals surface area contributed by atoms with Gasteiger partial charge >= 0.3 is 0 Å². The van der Waals surface area contributed by atoms with Crippen LogP contribution in [0, 0.1) is 0 Å². The van der Waals surface area contributed by atoms with Gasteiger partial charge in [-0.2, -0.15) is 4.98 Å². The molecule has 7 heteroatoms. The van der Waals surface area contributed by atoms with Crippen LogP contribution in [0.5, 0.6) is 11.5 Å². The van der Waals surface area contributed by atoms with E-state index in [2.05, 4.69) is 10.1 Å². The SMILES string of the molecule is COc1cc(C(C)(C)F)cc(-c2noc(CN)n2)c1OC. The first kappa shape index (κ1) is 15.2. The molecule has 2 aromatic rings. The first-order valence-corrected chi connectivity index (χ1v) is 6.39.